The van der Waals surface area contributed by atoms with Gasteiger partial charge in [0.1, 0.15) is 18.0 Å². The molecule has 1 aliphatic carbocycles. The summed E-state index contributed by atoms with van der Waals surface area (Å²) >= 11 is 0. The highest BCUT2D eigenvalue weighted by molar-refractivity contribution is 5.50. The minimum Gasteiger partial charge on any atom is -0.367 e. The highest BCUT2D eigenvalue weighted by atomic mass is 16.5. The van der Waals surface area contributed by atoms with E-state index in [0.29, 0.717) is 30.1 Å². The Balaban J connectivity index is 1.36. The molecule has 4 heterocycles. The number of nitrogens with one attached hydrogen (secondary N) is 1. The second-order valence-corrected chi connectivity index (χ2v) is 6.36. The van der Waals surface area contributed by atoms with E-state index in [1.54, 1.807) is 6.33 Å². The molecule has 0 radical (unpaired) electrons. The van der Waals surface area contributed by atoms with Gasteiger partial charge < -0.3 is 15.0 Å². The Hall–Kier alpha value is -1.62. The number of nitrogens with zero attached hydrogens (tertiary/aromatic N) is 3. The van der Waals surface area contributed by atoms with Crippen molar-refractivity contribution in [1.29, 1.82) is 0 Å². The molecular formula is C15H18N4O. The molecule has 0 aromatic carbocycles. The zero-order valence-corrected chi connectivity index (χ0v) is 11.3. The van der Waals surface area contributed by atoms with E-state index in [1.807, 2.05) is 0 Å². The number of hydrogen-bond donors (Lipinski definition) is 1. The van der Waals surface area contributed by atoms with Gasteiger partial charge in [-0.3, -0.25) is 0 Å². The van der Waals surface area contributed by atoms with Crippen molar-refractivity contribution in [3.8, 4) is 0 Å². The summed E-state index contributed by atoms with van der Waals surface area (Å²) < 4.78 is 5.93. The molecule has 0 amide bonds. The van der Waals surface area contributed by atoms with E-state index in [0.717, 1.165) is 24.7 Å². The van der Waals surface area contributed by atoms with E-state index in [4.69, 9.17) is 4.74 Å². The van der Waals surface area contributed by atoms with Crippen LogP contribution in [0.5, 0.6) is 0 Å². The Kier molecular flexibility index (Phi) is 2.19. The number of fused-ring (bicyclic) bond motifs is 5. The maximum Gasteiger partial charge on any atom is 0.134 e. The molecule has 20 heavy (non-hydrogen) atoms. The first-order chi connectivity index (χ1) is 9.87. The smallest absolute Gasteiger partial charge is 0.134 e. The van der Waals surface area contributed by atoms with Crippen LogP contribution in [0.25, 0.3) is 0 Å². The lowest BCUT2D eigenvalue weighted by molar-refractivity contribution is 0.100. The Labute approximate surface area is 118 Å². The average Bonchev–Trinajstić information content (AvgIpc) is 2.94. The van der Waals surface area contributed by atoms with Gasteiger partial charge >= 0.3 is 0 Å². The van der Waals surface area contributed by atoms with Crippen LogP contribution < -0.4 is 10.2 Å². The standard InChI is InChI=1S/C15H18N4O/c1-2-9(1)18-14-5-15(17-8-16-14)19-6-10-11(7-19)13-4-3-12(10)20-13/h3-5,8-13H,1-2,6-7H2,(H,16,17,18). The fraction of sp³-hybridized carbons (Fsp3) is 0.600. The number of rotatable bonds is 3. The second-order valence-electron chi connectivity index (χ2n) is 6.36. The molecule has 4 atom stereocenters. The number of ether oxygens (including phenoxy) is 1. The molecule has 3 aliphatic heterocycles. The van der Waals surface area contributed by atoms with Crippen LogP contribution in [0.3, 0.4) is 0 Å². The molecule has 1 saturated carbocycles. The van der Waals surface area contributed by atoms with E-state index in [-0.39, 0.29) is 0 Å². The third kappa shape index (κ3) is 1.66. The summed E-state index contributed by atoms with van der Waals surface area (Å²) in [4.78, 5) is 11.2. The van der Waals surface area contributed by atoms with E-state index in [1.165, 1.54) is 12.8 Å². The van der Waals surface area contributed by atoms with Gasteiger partial charge in [0.25, 0.3) is 0 Å². The third-order valence-corrected chi connectivity index (χ3v) is 4.97. The van der Waals surface area contributed by atoms with Gasteiger partial charge in [0.15, 0.2) is 0 Å². The Morgan fingerprint density at radius 3 is 2.55 bits per heavy atom. The number of anilines is 2. The first kappa shape index (κ1) is 11.1. The van der Waals surface area contributed by atoms with Crippen molar-refractivity contribution >= 4 is 11.6 Å². The van der Waals surface area contributed by atoms with Crippen LogP contribution in [0, 0.1) is 11.8 Å². The van der Waals surface area contributed by atoms with Crippen LogP contribution >= 0.6 is 0 Å². The zero-order chi connectivity index (χ0) is 13.1. The van der Waals surface area contributed by atoms with Gasteiger partial charge in [0.2, 0.25) is 0 Å². The predicted octanol–water partition coefficient (Wildman–Crippen LogP) is 1.44. The minimum atomic E-state index is 0.334. The molecular weight excluding hydrogens is 252 g/mol. The molecule has 4 unspecified atom stereocenters. The van der Waals surface area contributed by atoms with Gasteiger partial charge in [-0.2, -0.15) is 0 Å². The Bertz CT molecular complexity index is 551. The van der Waals surface area contributed by atoms with Crippen molar-refractivity contribution in [2.45, 2.75) is 31.1 Å². The maximum absolute atomic E-state index is 5.93. The van der Waals surface area contributed by atoms with Gasteiger partial charge in [-0.05, 0) is 12.8 Å². The summed E-state index contributed by atoms with van der Waals surface area (Å²) in [7, 11) is 0. The summed E-state index contributed by atoms with van der Waals surface area (Å²) in [5.74, 6) is 3.29. The van der Waals surface area contributed by atoms with E-state index in [9.17, 15) is 0 Å². The lowest BCUT2D eigenvalue weighted by atomic mass is 9.86. The molecule has 5 nitrogen and oxygen atoms in total. The topological polar surface area (TPSA) is 50.3 Å². The summed E-state index contributed by atoms with van der Waals surface area (Å²) in [6.45, 7) is 2.10. The molecule has 1 N–H and O–H groups in total. The van der Waals surface area contributed by atoms with Gasteiger partial charge in [0.05, 0.1) is 12.2 Å². The van der Waals surface area contributed by atoms with Crippen molar-refractivity contribution in [2.75, 3.05) is 23.3 Å². The van der Waals surface area contributed by atoms with E-state index >= 15 is 0 Å². The lowest BCUT2D eigenvalue weighted by Crippen LogP contribution is -2.25. The van der Waals surface area contributed by atoms with Crippen LogP contribution in [0.15, 0.2) is 24.5 Å². The summed E-state index contributed by atoms with van der Waals surface area (Å²) in [6, 6.07) is 2.72. The quantitative estimate of drug-likeness (QED) is 0.842. The van der Waals surface area contributed by atoms with Gasteiger partial charge in [-0.25, -0.2) is 9.97 Å². The molecule has 104 valence electrons. The molecule has 5 rings (SSSR count). The molecule has 4 aliphatic rings. The minimum absolute atomic E-state index is 0.334. The van der Waals surface area contributed by atoms with Crippen LogP contribution in [-0.2, 0) is 4.74 Å². The molecule has 1 aromatic heterocycles. The predicted molar refractivity (Wildman–Crippen MR) is 75.7 cm³/mol. The number of hydrogen-bond acceptors (Lipinski definition) is 5. The van der Waals surface area contributed by atoms with Crippen molar-refractivity contribution < 1.29 is 4.74 Å². The van der Waals surface area contributed by atoms with Crippen LogP contribution in [0.1, 0.15) is 12.8 Å². The fourth-order valence-electron chi connectivity index (χ4n) is 3.75. The van der Waals surface area contributed by atoms with Crippen LogP contribution in [-0.4, -0.2) is 41.3 Å². The second kappa shape index (κ2) is 3.95. The largest absolute Gasteiger partial charge is 0.367 e. The van der Waals surface area contributed by atoms with Gasteiger partial charge in [0, 0.05) is 37.0 Å². The SMILES string of the molecule is C1=CC2OC1C1CN(c3cc(NC4CC4)ncn3)CC21. The average molecular weight is 270 g/mol. The first-order valence-electron chi connectivity index (χ1n) is 7.54. The Morgan fingerprint density at radius 1 is 1.10 bits per heavy atom. The molecule has 3 fully saturated rings. The fourth-order valence-corrected chi connectivity index (χ4v) is 3.75. The highest BCUT2D eigenvalue weighted by Gasteiger charge is 2.50. The zero-order valence-electron chi connectivity index (χ0n) is 11.3. The molecule has 1 aromatic rings. The summed E-state index contributed by atoms with van der Waals surface area (Å²) in [5.41, 5.74) is 0. The van der Waals surface area contributed by atoms with E-state index < -0.39 is 0 Å². The number of aromatic nitrogens is 2. The molecule has 2 bridgehead atoms. The first-order valence-corrected chi connectivity index (χ1v) is 7.54. The van der Waals surface area contributed by atoms with Crippen molar-refractivity contribution in [3.05, 3.63) is 24.5 Å². The van der Waals surface area contributed by atoms with Crippen LogP contribution in [0.2, 0.25) is 0 Å². The van der Waals surface area contributed by atoms with E-state index in [2.05, 4.69) is 38.4 Å². The highest BCUT2D eigenvalue weighted by Crippen LogP contribution is 2.44. The van der Waals surface area contributed by atoms with Gasteiger partial charge in [-0.1, -0.05) is 12.2 Å². The summed E-state index contributed by atoms with van der Waals surface area (Å²) in [6.07, 6.45) is 9.34. The molecule has 2 saturated heterocycles. The normalized spacial score (nSPS) is 37.5. The molecule has 5 heteroatoms. The van der Waals surface area contributed by atoms with Crippen molar-refractivity contribution in [2.24, 2.45) is 11.8 Å². The Morgan fingerprint density at radius 2 is 1.85 bits per heavy atom. The van der Waals surface area contributed by atoms with Crippen LogP contribution in [0.4, 0.5) is 11.6 Å². The maximum atomic E-state index is 5.93. The lowest BCUT2D eigenvalue weighted by Gasteiger charge is -2.20. The monoisotopic (exact) mass is 270 g/mol. The third-order valence-electron chi connectivity index (χ3n) is 4.97. The summed E-state index contributed by atoms with van der Waals surface area (Å²) in [5, 5.41) is 3.45. The van der Waals surface area contributed by atoms with Gasteiger partial charge in [-0.15, -0.1) is 0 Å². The molecule has 0 spiro atoms. The van der Waals surface area contributed by atoms with Crippen molar-refractivity contribution in [3.63, 3.8) is 0 Å². The van der Waals surface area contributed by atoms with Crippen molar-refractivity contribution in [1.82, 2.24) is 9.97 Å².